The van der Waals surface area contributed by atoms with Gasteiger partial charge in [0.1, 0.15) is 25.0 Å². The van der Waals surface area contributed by atoms with E-state index in [4.69, 9.17) is 14.2 Å². The fourth-order valence-corrected chi connectivity index (χ4v) is 3.77. The van der Waals surface area contributed by atoms with E-state index in [9.17, 15) is 24.0 Å². The summed E-state index contributed by atoms with van der Waals surface area (Å²) in [7, 11) is 0. The van der Waals surface area contributed by atoms with Crippen molar-refractivity contribution in [1.29, 1.82) is 0 Å². The van der Waals surface area contributed by atoms with Crippen LogP contribution in [0.25, 0.3) is 0 Å². The number of aromatic nitrogens is 2. The molecule has 186 valence electrons. The van der Waals surface area contributed by atoms with E-state index < -0.39 is 41.6 Å². The van der Waals surface area contributed by atoms with Gasteiger partial charge in [0.05, 0.1) is 16.7 Å². The van der Waals surface area contributed by atoms with Crippen molar-refractivity contribution in [3.63, 3.8) is 0 Å². The van der Waals surface area contributed by atoms with Crippen LogP contribution < -0.4 is 11.2 Å². The van der Waals surface area contributed by atoms with Crippen molar-refractivity contribution in [2.75, 3.05) is 6.61 Å². The van der Waals surface area contributed by atoms with Gasteiger partial charge in [-0.25, -0.2) is 14.4 Å². The lowest BCUT2D eigenvalue weighted by molar-refractivity contribution is -0.0582. The molecule has 4 rings (SSSR count). The Kier molecular flexibility index (Phi) is 7.25. The molecule has 1 aliphatic heterocycles. The molecule has 1 fully saturated rings. The quantitative estimate of drug-likeness (QED) is 0.392. The Labute approximate surface area is 205 Å². The number of carbonyl (C=O) groups excluding carboxylic acids is 3. The monoisotopic (exact) mass is 492 g/mol. The Hall–Kier alpha value is -4.31. The first-order valence-electron chi connectivity index (χ1n) is 11.2. The number of esters is 2. The SMILES string of the molecule is Cc1ccc(C(=O)OC[C@H]2O[C@@H](n3cc(C=O)c(=O)[nH]c3=O)C[C@H]2OC(=O)c2ccc(C)cc2)cc1. The smallest absolute Gasteiger partial charge is 0.338 e. The van der Waals surface area contributed by atoms with Gasteiger partial charge in [0.2, 0.25) is 0 Å². The molecule has 3 atom stereocenters. The number of hydrogen-bond acceptors (Lipinski definition) is 8. The molecular formula is C26H24N2O8. The Morgan fingerprint density at radius 1 is 1.00 bits per heavy atom. The third-order valence-electron chi connectivity index (χ3n) is 5.82. The van der Waals surface area contributed by atoms with Crippen molar-refractivity contribution in [3.8, 4) is 0 Å². The summed E-state index contributed by atoms with van der Waals surface area (Å²) >= 11 is 0. The van der Waals surface area contributed by atoms with Crippen LogP contribution in [0.3, 0.4) is 0 Å². The first-order valence-corrected chi connectivity index (χ1v) is 11.2. The van der Waals surface area contributed by atoms with Crippen LogP contribution in [0, 0.1) is 13.8 Å². The van der Waals surface area contributed by atoms with Gasteiger partial charge in [-0.15, -0.1) is 0 Å². The molecule has 0 radical (unpaired) electrons. The Morgan fingerprint density at radius 3 is 2.17 bits per heavy atom. The summed E-state index contributed by atoms with van der Waals surface area (Å²) in [5.41, 5.74) is 0.741. The van der Waals surface area contributed by atoms with Gasteiger partial charge in [-0.1, -0.05) is 35.4 Å². The van der Waals surface area contributed by atoms with E-state index >= 15 is 0 Å². The average Bonchev–Trinajstić information content (AvgIpc) is 3.25. The highest BCUT2D eigenvalue weighted by Crippen LogP contribution is 2.31. The number of nitrogens with zero attached hydrogens (tertiary/aromatic N) is 1. The lowest BCUT2D eigenvalue weighted by Gasteiger charge is -2.19. The number of nitrogens with one attached hydrogen (secondary N) is 1. The van der Waals surface area contributed by atoms with Gasteiger partial charge in [0.15, 0.2) is 6.29 Å². The minimum absolute atomic E-state index is 0.0224. The molecule has 1 aromatic heterocycles. The van der Waals surface area contributed by atoms with Crippen molar-refractivity contribution < 1.29 is 28.6 Å². The van der Waals surface area contributed by atoms with Gasteiger partial charge < -0.3 is 14.2 Å². The van der Waals surface area contributed by atoms with Gasteiger partial charge in [0.25, 0.3) is 5.56 Å². The van der Waals surface area contributed by atoms with Crippen molar-refractivity contribution >= 4 is 18.2 Å². The zero-order valence-corrected chi connectivity index (χ0v) is 19.6. The van der Waals surface area contributed by atoms with Crippen LogP contribution in [0.5, 0.6) is 0 Å². The van der Waals surface area contributed by atoms with Crippen molar-refractivity contribution in [1.82, 2.24) is 9.55 Å². The van der Waals surface area contributed by atoms with Gasteiger partial charge in [-0.05, 0) is 38.1 Å². The number of aryl methyl sites for hydroxylation is 2. The Morgan fingerprint density at radius 2 is 1.58 bits per heavy atom. The predicted molar refractivity (Wildman–Crippen MR) is 127 cm³/mol. The van der Waals surface area contributed by atoms with Crippen LogP contribution in [0.4, 0.5) is 0 Å². The maximum Gasteiger partial charge on any atom is 0.338 e. The van der Waals surface area contributed by atoms with E-state index in [1.54, 1.807) is 48.5 Å². The number of ether oxygens (including phenoxy) is 3. The summed E-state index contributed by atoms with van der Waals surface area (Å²) in [6, 6.07) is 13.6. The van der Waals surface area contributed by atoms with E-state index in [0.717, 1.165) is 21.9 Å². The van der Waals surface area contributed by atoms with Crippen molar-refractivity contribution in [3.05, 3.63) is 103 Å². The third kappa shape index (κ3) is 5.49. The summed E-state index contributed by atoms with van der Waals surface area (Å²) < 4.78 is 18.0. The van der Waals surface area contributed by atoms with E-state index in [1.165, 1.54) is 0 Å². The molecule has 0 bridgehead atoms. The standard InChI is InChI=1S/C26H24N2O8/c1-15-3-7-17(8-4-15)24(31)34-14-21-20(36-25(32)18-9-5-16(2)6-10-18)11-22(35-21)28-12-19(13-29)23(30)27-26(28)33/h3-10,12-13,20-22H,11,14H2,1-2H3,(H,27,30,33)/t20-,21-,22-/m1/s1. The zero-order chi connectivity index (χ0) is 25.8. The van der Waals surface area contributed by atoms with E-state index in [-0.39, 0.29) is 18.6 Å². The summed E-state index contributed by atoms with van der Waals surface area (Å²) in [5, 5.41) is 0. The maximum atomic E-state index is 12.8. The highest BCUT2D eigenvalue weighted by molar-refractivity contribution is 5.90. The zero-order valence-electron chi connectivity index (χ0n) is 19.6. The number of aldehydes is 1. The van der Waals surface area contributed by atoms with Crippen LogP contribution in [0.2, 0.25) is 0 Å². The third-order valence-corrected chi connectivity index (χ3v) is 5.82. The first-order chi connectivity index (χ1) is 17.2. The second-order valence-electron chi connectivity index (χ2n) is 8.51. The molecule has 1 aliphatic rings. The van der Waals surface area contributed by atoms with Crippen molar-refractivity contribution in [2.45, 2.75) is 38.7 Å². The number of rotatable bonds is 7. The Bertz CT molecular complexity index is 1390. The summed E-state index contributed by atoms with van der Waals surface area (Å²) in [4.78, 5) is 62.6. The normalized spacial score (nSPS) is 19.0. The summed E-state index contributed by atoms with van der Waals surface area (Å²) in [6.07, 6.45) is -1.34. The fraction of sp³-hybridized carbons (Fsp3) is 0.269. The summed E-state index contributed by atoms with van der Waals surface area (Å²) in [6.45, 7) is 3.52. The molecule has 0 amide bonds. The molecule has 36 heavy (non-hydrogen) atoms. The van der Waals surface area contributed by atoms with E-state index in [0.29, 0.717) is 17.4 Å². The van der Waals surface area contributed by atoms with Crippen molar-refractivity contribution in [2.24, 2.45) is 0 Å². The molecule has 0 unspecified atom stereocenters. The second-order valence-corrected chi connectivity index (χ2v) is 8.51. The minimum atomic E-state index is -0.980. The number of benzene rings is 2. The van der Waals surface area contributed by atoms with Crippen LogP contribution >= 0.6 is 0 Å². The largest absolute Gasteiger partial charge is 0.459 e. The topological polar surface area (TPSA) is 134 Å². The molecule has 0 spiro atoms. The highest BCUT2D eigenvalue weighted by atomic mass is 16.6. The summed E-state index contributed by atoms with van der Waals surface area (Å²) in [5.74, 6) is -1.20. The first kappa shape index (κ1) is 24.8. The average molecular weight is 492 g/mol. The van der Waals surface area contributed by atoms with E-state index in [1.807, 2.05) is 13.8 Å². The van der Waals surface area contributed by atoms with E-state index in [2.05, 4.69) is 4.98 Å². The maximum absolute atomic E-state index is 12.8. The number of carbonyl (C=O) groups is 3. The molecule has 10 heteroatoms. The van der Waals surface area contributed by atoms with Crippen LogP contribution in [0.1, 0.15) is 54.8 Å². The molecule has 2 heterocycles. The minimum Gasteiger partial charge on any atom is -0.459 e. The molecule has 1 N–H and O–H groups in total. The molecule has 2 aromatic carbocycles. The Balaban J connectivity index is 1.55. The van der Waals surface area contributed by atoms with Gasteiger partial charge >= 0.3 is 17.6 Å². The molecular weight excluding hydrogens is 468 g/mol. The predicted octanol–water partition coefficient (Wildman–Crippen LogP) is 2.34. The number of H-pyrrole nitrogens is 1. The molecule has 10 nitrogen and oxygen atoms in total. The van der Waals surface area contributed by atoms with Crippen LogP contribution in [0.15, 0.2) is 64.3 Å². The lowest BCUT2D eigenvalue weighted by Crippen LogP contribution is -2.34. The van der Waals surface area contributed by atoms with Gasteiger partial charge in [-0.3, -0.25) is 19.1 Å². The van der Waals surface area contributed by atoms with Crippen LogP contribution in [-0.2, 0) is 14.2 Å². The number of aromatic amines is 1. The molecule has 0 saturated carbocycles. The van der Waals surface area contributed by atoms with Gasteiger partial charge in [-0.2, -0.15) is 0 Å². The molecule has 3 aromatic rings. The number of hydrogen-bond donors (Lipinski definition) is 1. The molecule has 0 aliphatic carbocycles. The van der Waals surface area contributed by atoms with Gasteiger partial charge in [0, 0.05) is 12.6 Å². The second kappa shape index (κ2) is 10.5. The fourth-order valence-electron chi connectivity index (χ4n) is 3.77. The highest BCUT2D eigenvalue weighted by Gasteiger charge is 2.40. The molecule has 1 saturated heterocycles. The lowest BCUT2D eigenvalue weighted by atomic mass is 10.1. The van der Waals surface area contributed by atoms with Crippen LogP contribution in [-0.4, -0.2) is 46.6 Å².